The summed E-state index contributed by atoms with van der Waals surface area (Å²) in [5.74, 6) is 0.294. The molecule has 1 aromatic carbocycles. The van der Waals surface area contributed by atoms with Crippen molar-refractivity contribution in [2.75, 3.05) is 32.8 Å². The molecule has 0 radical (unpaired) electrons. The molecule has 0 N–H and O–H groups in total. The number of likely N-dealkylation sites (tertiary alicyclic amines) is 2. The van der Waals surface area contributed by atoms with Crippen molar-refractivity contribution in [2.45, 2.75) is 56.6 Å². The van der Waals surface area contributed by atoms with Gasteiger partial charge in [-0.25, -0.2) is 0 Å². The van der Waals surface area contributed by atoms with Crippen molar-refractivity contribution in [2.24, 2.45) is 0 Å². The number of amides is 1. The molecule has 3 fully saturated rings. The van der Waals surface area contributed by atoms with Crippen molar-refractivity contribution in [1.82, 2.24) is 9.80 Å². The monoisotopic (exact) mass is 376 g/mol. The summed E-state index contributed by atoms with van der Waals surface area (Å²) in [5.41, 5.74) is 1.40. The van der Waals surface area contributed by atoms with Gasteiger partial charge in [0.15, 0.2) is 0 Å². The summed E-state index contributed by atoms with van der Waals surface area (Å²) in [5, 5.41) is 0.745. The Bertz CT molecular complexity index is 629. The van der Waals surface area contributed by atoms with Gasteiger partial charge in [-0.3, -0.25) is 9.69 Å². The van der Waals surface area contributed by atoms with E-state index in [9.17, 15) is 4.79 Å². The quantitative estimate of drug-likeness (QED) is 0.788. The molecule has 0 unspecified atom stereocenters. The Morgan fingerprint density at radius 2 is 2.04 bits per heavy atom. The van der Waals surface area contributed by atoms with Crippen molar-refractivity contribution >= 4 is 17.5 Å². The highest BCUT2D eigenvalue weighted by molar-refractivity contribution is 6.30. The average Bonchev–Trinajstić information content (AvgIpc) is 3.18. The Morgan fingerprint density at radius 1 is 1.19 bits per heavy atom. The maximum absolute atomic E-state index is 12.8. The minimum absolute atomic E-state index is 0.222. The van der Waals surface area contributed by atoms with Crippen LogP contribution in [0.4, 0.5) is 0 Å². The van der Waals surface area contributed by atoms with E-state index in [0.29, 0.717) is 18.4 Å². The normalized spacial score (nSPS) is 29.1. The molecule has 142 valence electrons. The molecular weight excluding hydrogens is 348 g/mol. The van der Waals surface area contributed by atoms with Crippen LogP contribution in [0.2, 0.25) is 5.02 Å². The molecule has 5 heteroatoms. The van der Waals surface area contributed by atoms with E-state index in [1.807, 2.05) is 24.3 Å². The molecule has 3 heterocycles. The van der Waals surface area contributed by atoms with Crippen LogP contribution in [0.25, 0.3) is 0 Å². The van der Waals surface area contributed by atoms with E-state index in [1.165, 1.54) is 31.2 Å². The zero-order valence-electron chi connectivity index (χ0n) is 15.5. The number of benzene rings is 1. The first kappa shape index (κ1) is 18.3. The van der Waals surface area contributed by atoms with Crippen LogP contribution in [0.1, 0.15) is 44.1 Å². The van der Waals surface area contributed by atoms with E-state index in [1.54, 1.807) is 0 Å². The van der Waals surface area contributed by atoms with Crippen LogP contribution < -0.4 is 0 Å². The number of ether oxygens (including phenoxy) is 1. The Hall–Kier alpha value is -1.10. The second-order valence-electron chi connectivity index (χ2n) is 8.10. The lowest BCUT2D eigenvalue weighted by molar-refractivity contribution is -0.141. The summed E-state index contributed by atoms with van der Waals surface area (Å²) < 4.78 is 5.83. The van der Waals surface area contributed by atoms with Gasteiger partial charge < -0.3 is 9.64 Å². The third-order valence-electron chi connectivity index (χ3n) is 6.41. The fraction of sp³-hybridized carbons (Fsp3) is 0.667. The zero-order chi connectivity index (χ0) is 18.0. The summed E-state index contributed by atoms with van der Waals surface area (Å²) >= 11 is 5.94. The fourth-order valence-electron chi connectivity index (χ4n) is 4.75. The van der Waals surface area contributed by atoms with E-state index >= 15 is 0 Å². The zero-order valence-corrected chi connectivity index (χ0v) is 16.2. The molecule has 1 spiro atoms. The topological polar surface area (TPSA) is 32.8 Å². The molecule has 4 rings (SSSR count). The van der Waals surface area contributed by atoms with E-state index < -0.39 is 0 Å². The Kier molecular flexibility index (Phi) is 5.53. The summed E-state index contributed by atoms with van der Waals surface area (Å²) in [6, 6.07) is 7.83. The molecule has 0 aliphatic carbocycles. The Labute approximate surface area is 161 Å². The van der Waals surface area contributed by atoms with Gasteiger partial charge in [0.2, 0.25) is 5.91 Å². The van der Waals surface area contributed by atoms with Crippen LogP contribution in [-0.2, 0) is 16.0 Å². The SMILES string of the molecule is O=C(CCc1ccc(Cl)cc1)N1CCC[C@@]2(CCN2C[C@@H]2CCCO2)C1. The average molecular weight is 377 g/mol. The molecule has 1 amide bonds. The highest BCUT2D eigenvalue weighted by atomic mass is 35.5. The summed E-state index contributed by atoms with van der Waals surface area (Å²) in [6.45, 7) is 4.94. The minimum Gasteiger partial charge on any atom is -0.377 e. The lowest BCUT2D eigenvalue weighted by Crippen LogP contribution is -2.68. The number of hydrogen-bond donors (Lipinski definition) is 0. The number of aryl methyl sites for hydroxylation is 1. The van der Waals surface area contributed by atoms with Gasteiger partial charge in [-0.05, 0) is 56.2 Å². The fourth-order valence-corrected chi connectivity index (χ4v) is 4.88. The standard InChI is InChI=1S/C21H29ClN2O2/c22-18-7-4-17(5-8-18)6-9-20(25)23-12-2-10-21(16-23)11-13-24(21)15-19-3-1-14-26-19/h4-5,7-8,19H,1-3,6,9-16H2/t19-,21+/m0/s1. The van der Waals surface area contributed by atoms with E-state index in [0.717, 1.165) is 50.7 Å². The largest absolute Gasteiger partial charge is 0.377 e. The molecule has 3 saturated heterocycles. The van der Waals surface area contributed by atoms with Gasteiger partial charge in [-0.1, -0.05) is 23.7 Å². The number of hydrogen-bond acceptors (Lipinski definition) is 3. The number of rotatable bonds is 5. The van der Waals surface area contributed by atoms with Crippen molar-refractivity contribution in [3.05, 3.63) is 34.9 Å². The molecule has 3 aliphatic rings. The lowest BCUT2D eigenvalue weighted by Gasteiger charge is -2.57. The molecule has 1 aromatic rings. The summed E-state index contributed by atoms with van der Waals surface area (Å²) in [7, 11) is 0. The molecule has 2 atom stereocenters. The second kappa shape index (κ2) is 7.87. The third kappa shape index (κ3) is 3.92. The Morgan fingerprint density at radius 3 is 2.73 bits per heavy atom. The van der Waals surface area contributed by atoms with Gasteiger partial charge in [0.05, 0.1) is 6.10 Å². The van der Waals surface area contributed by atoms with Crippen LogP contribution in [0, 0.1) is 0 Å². The lowest BCUT2D eigenvalue weighted by atomic mass is 9.77. The van der Waals surface area contributed by atoms with Crippen molar-refractivity contribution in [3.8, 4) is 0 Å². The predicted octanol–water partition coefficient (Wildman–Crippen LogP) is 3.52. The number of nitrogens with zero attached hydrogens (tertiary/aromatic N) is 2. The molecule has 3 aliphatic heterocycles. The number of carbonyl (C=O) groups is 1. The van der Waals surface area contributed by atoms with Gasteiger partial charge >= 0.3 is 0 Å². The minimum atomic E-state index is 0.222. The number of piperidine rings is 1. The van der Waals surface area contributed by atoms with E-state index in [2.05, 4.69) is 9.80 Å². The van der Waals surface area contributed by atoms with Crippen molar-refractivity contribution in [1.29, 1.82) is 0 Å². The predicted molar refractivity (Wildman–Crippen MR) is 103 cm³/mol. The van der Waals surface area contributed by atoms with Gasteiger partial charge in [-0.15, -0.1) is 0 Å². The molecule has 26 heavy (non-hydrogen) atoms. The Balaban J connectivity index is 1.31. The summed E-state index contributed by atoms with van der Waals surface area (Å²) in [6.07, 6.45) is 7.73. The smallest absolute Gasteiger partial charge is 0.222 e. The first-order valence-electron chi connectivity index (χ1n) is 10.0. The highest BCUT2D eigenvalue weighted by Gasteiger charge is 2.48. The summed E-state index contributed by atoms with van der Waals surface area (Å²) in [4.78, 5) is 17.5. The van der Waals surface area contributed by atoms with Gasteiger partial charge in [0.25, 0.3) is 0 Å². The number of halogens is 1. The van der Waals surface area contributed by atoms with Gasteiger partial charge in [0.1, 0.15) is 0 Å². The van der Waals surface area contributed by atoms with Gasteiger partial charge in [0, 0.05) is 49.8 Å². The van der Waals surface area contributed by atoms with Crippen molar-refractivity contribution < 1.29 is 9.53 Å². The molecular formula is C21H29ClN2O2. The highest BCUT2D eigenvalue weighted by Crippen LogP contribution is 2.39. The van der Waals surface area contributed by atoms with Crippen LogP contribution in [0.15, 0.2) is 24.3 Å². The van der Waals surface area contributed by atoms with Crippen LogP contribution in [0.3, 0.4) is 0 Å². The van der Waals surface area contributed by atoms with Crippen LogP contribution in [-0.4, -0.2) is 60.1 Å². The maximum Gasteiger partial charge on any atom is 0.222 e. The molecule has 4 nitrogen and oxygen atoms in total. The maximum atomic E-state index is 12.8. The van der Waals surface area contributed by atoms with E-state index in [-0.39, 0.29) is 5.54 Å². The molecule has 0 saturated carbocycles. The first-order chi connectivity index (χ1) is 12.6. The molecule has 0 bridgehead atoms. The van der Waals surface area contributed by atoms with Crippen LogP contribution >= 0.6 is 11.6 Å². The van der Waals surface area contributed by atoms with E-state index in [4.69, 9.17) is 16.3 Å². The first-order valence-corrected chi connectivity index (χ1v) is 10.4. The number of carbonyl (C=O) groups excluding carboxylic acids is 1. The van der Waals surface area contributed by atoms with Crippen LogP contribution in [0.5, 0.6) is 0 Å². The second-order valence-corrected chi connectivity index (χ2v) is 8.54. The van der Waals surface area contributed by atoms with Crippen molar-refractivity contribution in [3.63, 3.8) is 0 Å². The third-order valence-corrected chi connectivity index (χ3v) is 6.67. The van der Waals surface area contributed by atoms with Gasteiger partial charge in [-0.2, -0.15) is 0 Å². The molecule has 0 aromatic heterocycles.